The lowest BCUT2D eigenvalue weighted by Crippen LogP contribution is -2.20. The molecule has 0 bridgehead atoms. The van der Waals surface area contributed by atoms with Crippen LogP contribution in [0.4, 0.5) is 0 Å². The molecule has 0 unspecified atom stereocenters. The molecule has 0 amide bonds. The molecule has 116 valence electrons. The van der Waals surface area contributed by atoms with Gasteiger partial charge in [-0.2, -0.15) is 8.42 Å². The zero-order chi connectivity index (χ0) is 15.3. The summed E-state index contributed by atoms with van der Waals surface area (Å²) in [7, 11) is -2.21. The molecule has 0 saturated heterocycles. The molecule has 1 aromatic carbocycles. The molecule has 0 aliphatic rings. The van der Waals surface area contributed by atoms with E-state index in [9.17, 15) is 8.42 Å². The quantitative estimate of drug-likeness (QED) is 0.508. The third-order valence-electron chi connectivity index (χ3n) is 3.30. The average Bonchev–Trinajstić information content (AvgIpc) is 2.83. The van der Waals surface area contributed by atoms with E-state index in [1.807, 2.05) is 24.4 Å². The zero-order valence-corrected chi connectivity index (χ0v) is 12.7. The maximum Gasteiger partial charge on any atom is 0.264 e. The number of aromatic amines is 1. The highest BCUT2D eigenvalue weighted by molar-refractivity contribution is 7.85. The number of rotatable bonds is 8. The molecule has 0 aliphatic heterocycles. The molecule has 0 spiro atoms. The van der Waals surface area contributed by atoms with Crippen LogP contribution in [0.25, 0.3) is 10.9 Å². The number of aromatic nitrogens is 1. The minimum Gasteiger partial charge on any atom is -0.497 e. The van der Waals surface area contributed by atoms with Gasteiger partial charge >= 0.3 is 0 Å². The maximum atomic E-state index is 10.6. The molecule has 6 nitrogen and oxygen atoms in total. The molecular formula is C14H20N2O4S. The van der Waals surface area contributed by atoms with Crippen molar-refractivity contribution in [3.63, 3.8) is 0 Å². The van der Waals surface area contributed by atoms with Crippen molar-refractivity contribution in [1.82, 2.24) is 10.3 Å². The van der Waals surface area contributed by atoms with Crippen LogP contribution in [-0.2, 0) is 16.5 Å². The fraction of sp³-hybridized carbons (Fsp3) is 0.429. The lowest BCUT2D eigenvalue weighted by atomic mass is 10.1. The summed E-state index contributed by atoms with van der Waals surface area (Å²) in [4.78, 5) is 3.22. The summed E-state index contributed by atoms with van der Waals surface area (Å²) in [5, 5.41) is 4.30. The number of ether oxygens (including phenoxy) is 1. The number of H-pyrrole nitrogens is 1. The lowest BCUT2D eigenvalue weighted by Gasteiger charge is -2.04. The second-order valence-corrected chi connectivity index (χ2v) is 6.44. The highest BCUT2D eigenvalue weighted by atomic mass is 32.2. The molecule has 0 radical (unpaired) electrons. The SMILES string of the molecule is COc1ccc2[nH]cc(CCNCCCS(=O)(=O)O)c2c1. The Balaban J connectivity index is 1.83. The van der Waals surface area contributed by atoms with Crippen LogP contribution in [0.1, 0.15) is 12.0 Å². The van der Waals surface area contributed by atoms with E-state index in [4.69, 9.17) is 9.29 Å². The molecule has 1 heterocycles. The van der Waals surface area contributed by atoms with Crippen LogP contribution in [0.5, 0.6) is 5.75 Å². The molecule has 3 N–H and O–H groups in total. The fourth-order valence-electron chi connectivity index (χ4n) is 2.22. The van der Waals surface area contributed by atoms with Crippen LogP contribution in [0, 0.1) is 0 Å². The second-order valence-electron chi connectivity index (χ2n) is 4.87. The van der Waals surface area contributed by atoms with Crippen molar-refractivity contribution in [3.05, 3.63) is 30.0 Å². The van der Waals surface area contributed by atoms with Gasteiger partial charge in [0.25, 0.3) is 10.1 Å². The van der Waals surface area contributed by atoms with Gasteiger partial charge in [0, 0.05) is 17.1 Å². The van der Waals surface area contributed by atoms with Gasteiger partial charge in [0.1, 0.15) is 5.75 Å². The smallest absolute Gasteiger partial charge is 0.264 e. The van der Waals surface area contributed by atoms with Crippen molar-refractivity contribution in [2.45, 2.75) is 12.8 Å². The third-order valence-corrected chi connectivity index (χ3v) is 4.11. The minimum atomic E-state index is -3.85. The van der Waals surface area contributed by atoms with Crippen LogP contribution in [0.3, 0.4) is 0 Å². The minimum absolute atomic E-state index is 0.204. The molecule has 21 heavy (non-hydrogen) atoms. The number of hydrogen-bond acceptors (Lipinski definition) is 4. The summed E-state index contributed by atoms with van der Waals surface area (Å²) in [6.45, 7) is 1.31. The lowest BCUT2D eigenvalue weighted by molar-refractivity contribution is 0.415. The Morgan fingerprint density at radius 2 is 2.14 bits per heavy atom. The standard InChI is InChI=1S/C14H20N2O4S/c1-20-12-3-4-14-13(9-12)11(10-16-14)5-7-15-6-2-8-21(17,18)19/h3-4,9-10,15-16H,2,5-8H2,1H3,(H,17,18,19). The topological polar surface area (TPSA) is 91.4 Å². The van der Waals surface area contributed by atoms with Crippen LogP contribution >= 0.6 is 0 Å². The highest BCUT2D eigenvalue weighted by Crippen LogP contribution is 2.23. The van der Waals surface area contributed by atoms with Gasteiger partial charge < -0.3 is 15.0 Å². The van der Waals surface area contributed by atoms with Crippen molar-refractivity contribution in [2.24, 2.45) is 0 Å². The van der Waals surface area contributed by atoms with Crippen molar-refractivity contribution in [2.75, 3.05) is 26.0 Å². The van der Waals surface area contributed by atoms with Gasteiger partial charge in [-0.05, 0) is 49.7 Å². The summed E-state index contributed by atoms with van der Waals surface area (Å²) in [6, 6.07) is 5.90. The largest absolute Gasteiger partial charge is 0.497 e. The number of benzene rings is 1. The first-order chi connectivity index (χ1) is 9.99. The molecule has 0 fully saturated rings. The monoisotopic (exact) mass is 312 g/mol. The summed E-state index contributed by atoms with van der Waals surface area (Å²) in [5.74, 6) is 0.619. The van der Waals surface area contributed by atoms with E-state index in [0.717, 1.165) is 29.6 Å². The van der Waals surface area contributed by atoms with Crippen LogP contribution in [0.15, 0.2) is 24.4 Å². The van der Waals surface area contributed by atoms with E-state index < -0.39 is 10.1 Å². The van der Waals surface area contributed by atoms with Crippen molar-refractivity contribution < 1.29 is 17.7 Å². The summed E-state index contributed by atoms with van der Waals surface area (Å²) in [5.41, 5.74) is 2.25. The van der Waals surface area contributed by atoms with Crippen molar-refractivity contribution in [1.29, 1.82) is 0 Å². The van der Waals surface area contributed by atoms with Crippen molar-refractivity contribution >= 4 is 21.0 Å². The van der Waals surface area contributed by atoms with Gasteiger partial charge in [-0.25, -0.2) is 0 Å². The van der Waals surface area contributed by atoms with Gasteiger partial charge in [0.2, 0.25) is 0 Å². The second kappa shape index (κ2) is 6.93. The molecule has 0 atom stereocenters. The molecule has 0 aliphatic carbocycles. The maximum absolute atomic E-state index is 10.6. The van der Waals surface area contributed by atoms with Crippen LogP contribution in [-0.4, -0.2) is 43.9 Å². The molecule has 2 aromatic rings. The number of methoxy groups -OCH3 is 1. The van der Waals surface area contributed by atoms with E-state index in [2.05, 4.69) is 10.3 Å². The highest BCUT2D eigenvalue weighted by Gasteiger charge is 2.06. The summed E-state index contributed by atoms with van der Waals surface area (Å²) in [6.07, 6.45) is 3.21. The first-order valence-corrected chi connectivity index (χ1v) is 8.40. The first-order valence-electron chi connectivity index (χ1n) is 6.79. The molecule has 1 aromatic heterocycles. The van der Waals surface area contributed by atoms with E-state index in [0.29, 0.717) is 13.0 Å². The molecule has 7 heteroatoms. The summed E-state index contributed by atoms with van der Waals surface area (Å²) < 4.78 is 35.0. The number of nitrogens with one attached hydrogen (secondary N) is 2. The zero-order valence-electron chi connectivity index (χ0n) is 11.9. The van der Waals surface area contributed by atoms with E-state index >= 15 is 0 Å². The Morgan fingerprint density at radius 1 is 1.33 bits per heavy atom. The first kappa shape index (κ1) is 15.8. The Kier molecular flexibility index (Phi) is 5.22. The molecule has 0 saturated carbocycles. The molecule has 2 rings (SSSR count). The number of fused-ring (bicyclic) bond motifs is 1. The van der Waals surface area contributed by atoms with Gasteiger partial charge in [0.05, 0.1) is 12.9 Å². The Hall–Kier alpha value is -1.57. The van der Waals surface area contributed by atoms with Crippen molar-refractivity contribution in [3.8, 4) is 5.75 Å². The van der Waals surface area contributed by atoms with Crippen LogP contribution < -0.4 is 10.1 Å². The van der Waals surface area contributed by atoms with E-state index in [-0.39, 0.29) is 5.75 Å². The normalized spacial score (nSPS) is 11.9. The molecular weight excluding hydrogens is 292 g/mol. The van der Waals surface area contributed by atoms with E-state index in [1.54, 1.807) is 7.11 Å². The Bertz CT molecular complexity index is 694. The Morgan fingerprint density at radius 3 is 2.86 bits per heavy atom. The Labute approximate surface area is 124 Å². The predicted octanol–water partition coefficient (Wildman–Crippen LogP) is 1.59. The van der Waals surface area contributed by atoms with Gasteiger partial charge in [-0.1, -0.05) is 0 Å². The fourth-order valence-corrected chi connectivity index (χ4v) is 2.73. The third kappa shape index (κ3) is 4.73. The van der Waals surface area contributed by atoms with E-state index in [1.165, 1.54) is 5.56 Å². The number of hydrogen-bond donors (Lipinski definition) is 3. The van der Waals surface area contributed by atoms with Gasteiger partial charge in [-0.15, -0.1) is 0 Å². The average molecular weight is 312 g/mol. The van der Waals surface area contributed by atoms with Crippen LogP contribution in [0.2, 0.25) is 0 Å². The van der Waals surface area contributed by atoms with Gasteiger partial charge in [-0.3, -0.25) is 4.55 Å². The predicted molar refractivity (Wildman–Crippen MR) is 82.5 cm³/mol. The van der Waals surface area contributed by atoms with Gasteiger partial charge in [0.15, 0.2) is 0 Å². The summed E-state index contributed by atoms with van der Waals surface area (Å²) >= 11 is 0.